The maximum Gasteiger partial charge on any atom is 0.0464 e. The fourth-order valence-electron chi connectivity index (χ4n) is 4.24. The fraction of sp³-hybridized carbons (Fsp3) is 0.231. The minimum Gasteiger partial charge on any atom is -0.355 e. The number of benzene rings is 2. The number of hydrogen-bond donors (Lipinski definition) is 1. The largest absolute Gasteiger partial charge is 0.355 e. The second-order valence-corrected chi connectivity index (χ2v) is 7.55. The van der Waals surface area contributed by atoms with Crippen LogP contribution in [-0.2, 0) is 0 Å². The molecule has 1 N–H and O–H groups in total. The van der Waals surface area contributed by atoms with Crippen molar-refractivity contribution in [2.45, 2.75) is 32.1 Å². The Morgan fingerprint density at radius 2 is 1.63 bits per heavy atom. The van der Waals surface area contributed by atoms with E-state index in [2.05, 4.69) is 85.2 Å². The summed E-state index contributed by atoms with van der Waals surface area (Å²) in [7, 11) is 0. The number of allylic oxidation sites excluding steroid dienone is 3. The lowest BCUT2D eigenvalue weighted by molar-refractivity contribution is 0.419. The summed E-state index contributed by atoms with van der Waals surface area (Å²) >= 11 is 0. The molecule has 4 rings (SSSR count). The molecule has 1 fully saturated rings. The standard InChI is InChI=1S/C26H27N/c1-19(17-18-21-11-5-3-6-12-21)25-20(2)27-24-16-10-9-15-23(24)26(25)22-13-7-4-8-14-22/h4,7-10,13-18,21,27H,1-3,5-6,11-12H2/b18-17+. The van der Waals surface area contributed by atoms with Crippen molar-refractivity contribution in [3.63, 3.8) is 0 Å². The van der Waals surface area contributed by atoms with E-state index in [0.717, 1.165) is 22.5 Å². The molecule has 2 aromatic carbocycles. The topological polar surface area (TPSA) is 12.0 Å². The third-order valence-electron chi connectivity index (χ3n) is 5.64. The first-order valence-electron chi connectivity index (χ1n) is 9.97. The third-order valence-corrected chi connectivity index (χ3v) is 5.64. The molecule has 1 aliphatic carbocycles. The Labute approximate surface area is 162 Å². The average molecular weight is 354 g/mol. The third kappa shape index (κ3) is 3.68. The highest BCUT2D eigenvalue weighted by Gasteiger charge is 2.23. The molecule has 0 unspecified atom stereocenters. The molecule has 0 amide bonds. The molecule has 0 atom stereocenters. The lowest BCUT2D eigenvalue weighted by Crippen LogP contribution is -2.13. The van der Waals surface area contributed by atoms with Crippen molar-refractivity contribution in [3.05, 3.63) is 108 Å². The Kier molecular flexibility index (Phi) is 5.11. The van der Waals surface area contributed by atoms with E-state index in [1.807, 2.05) is 0 Å². The van der Waals surface area contributed by atoms with Gasteiger partial charge in [0, 0.05) is 28.1 Å². The second-order valence-electron chi connectivity index (χ2n) is 7.55. The molecule has 1 aliphatic heterocycles. The van der Waals surface area contributed by atoms with E-state index in [1.165, 1.54) is 48.8 Å². The van der Waals surface area contributed by atoms with Gasteiger partial charge in [0.15, 0.2) is 0 Å². The van der Waals surface area contributed by atoms with E-state index in [1.54, 1.807) is 0 Å². The van der Waals surface area contributed by atoms with Crippen LogP contribution >= 0.6 is 0 Å². The summed E-state index contributed by atoms with van der Waals surface area (Å²) in [6.07, 6.45) is 11.3. The van der Waals surface area contributed by atoms with Gasteiger partial charge in [0.25, 0.3) is 0 Å². The van der Waals surface area contributed by atoms with E-state index >= 15 is 0 Å². The first-order valence-corrected chi connectivity index (χ1v) is 9.97. The Balaban J connectivity index is 1.78. The van der Waals surface area contributed by atoms with Gasteiger partial charge in [0.1, 0.15) is 0 Å². The van der Waals surface area contributed by atoms with Crippen LogP contribution in [0.5, 0.6) is 0 Å². The summed E-state index contributed by atoms with van der Waals surface area (Å²) in [5, 5.41) is 3.48. The summed E-state index contributed by atoms with van der Waals surface area (Å²) in [5.74, 6) is 0.688. The van der Waals surface area contributed by atoms with Crippen molar-refractivity contribution in [3.8, 4) is 0 Å². The summed E-state index contributed by atoms with van der Waals surface area (Å²) in [5.41, 5.74) is 7.81. The molecule has 0 saturated heterocycles. The van der Waals surface area contributed by atoms with Crippen LogP contribution in [0.1, 0.15) is 43.2 Å². The number of hydrogen-bond acceptors (Lipinski definition) is 1. The SMILES string of the molecule is C=C(/C=C/C1CCCCC1)C1=C(c2ccccc2)c2ccccc2NC1=C. The van der Waals surface area contributed by atoms with Crippen molar-refractivity contribution >= 4 is 11.3 Å². The lowest BCUT2D eigenvalue weighted by Gasteiger charge is -2.27. The smallest absolute Gasteiger partial charge is 0.0464 e. The van der Waals surface area contributed by atoms with Gasteiger partial charge in [-0.3, -0.25) is 0 Å². The molecule has 2 aliphatic rings. The van der Waals surface area contributed by atoms with Crippen molar-refractivity contribution in [2.75, 3.05) is 5.32 Å². The number of fused-ring (bicyclic) bond motifs is 1. The van der Waals surface area contributed by atoms with Gasteiger partial charge >= 0.3 is 0 Å². The van der Waals surface area contributed by atoms with E-state index in [4.69, 9.17) is 0 Å². The monoisotopic (exact) mass is 353 g/mol. The molecular weight excluding hydrogens is 326 g/mol. The molecular formula is C26H27N. The molecule has 1 nitrogen and oxygen atoms in total. The zero-order valence-electron chi connectivity index (χ0n) is 15.9. The zero-order valence-corrected chi connectivity index (χ0v) is 15.9. The molecule has 0 bridgehead atoms. The Hall–Kier alpha value is -2.80. The molecule has 0 spiro atoms. The van der Waals surface area contributed by atoms with Gasteiger partial charge in [-0.05, 0) is 36.0 Å². The molecule has 0 aromatic heterocycles. The van der Waals surface area contributed by atoms with Crippen molar-refractivity contribution in [2.24, 2.45) is 5.92 Å². The molecule has 27 heavy (non-hydrogen) atoms. The van der Waals surface area contributed by atoms with Gasteiger partial charge in [-0.2, -0.15) is 0 Å². The van der Waals surface area contributed by atoms with Crippen LogP contribution in [0.4, 0.5) is 5.69 Å². The normalized spacial score (nSPS) is 17.7. The van der Waals surface area contributed by atoms with Gasteiger partial charge in [0.05, 0.1) is 0 Å². The van der Waals surface area contributed by atoms with Crippen LogP contribution in [0.2, 0.25) is 0 Å². The molecule has 1 saturated carbocycles. The second kappa shape index (κ2) is 7.84. The molecule has 1 heterocycles. The maximum absolute atomic E-state index is 4.42. The Bertz CT molecular complexity index is 908. The van der Waals surface area contributed by atoms with Crippen molar-refractivity contribution < 1.29 is 0 Å². The van der Waals surface area contributed by atoms with Crippen LogP contribution < -0.4 is 5.32 Å². The molecule has 0 radical (unpaired) electrons. The number of nitrogens with one attached hydrogen (secondary N) is 1. The lowest BCUT2D eigenvalue weighted by atomic mass is 9.84. The van der Waals surface area contributed by atoms with E-state index in [9.17, 15) is 0 Å². The number of anilines is 1. The van der Waals surface area contributed by atoms with Crippen LogP contribution in [-0.4, -0.2) is 0 Å². The Morgan fingerprint density at radius 3 is 2.41 bits per heavy atom. The van der Waals surface area contributed by atoms with Gasteiger partial charge in [-0.1, -0.05) is 93.1 Å². The van der Waals surface area contributed by atoms with Crippen LogP contribution in [0, 0.1) is 5.92 Å². The van der Waals surface area contributed by atoms with Gasteiger partial charge in [-0.15, -0.1) is 0 Å². The summed E-state index contributed by atoms with van der Waals surface area (Å²) in [4.78, 5) is 0. The van der Waals surface area contributed by atoms with Crippen LogP contribution in [0.3, 0.4) is 0 Å². The predicted octanol–water partition coefficient (Wildman–Crippen LogP) is 7.12. The quantitative estimate of drug-likeness (QED) is 0.577. The first-order chi connectivity index (χ1) is 13.2. The van der Waals surface area contributed by atoms with Crippen LogP contribution in [0.15, 0.2) is 96.8 Å². The fourth-order valence-corrected chi connectivity index (χ4v) is 4.24. The van der Waals surface area contributed by atoms with E-state index < -0.39 is 0 Å². The highest BCUT2D eigenvalue weighted by molar-refractivity contribution is 5.96. The van der Waals surface area contributed by atoms with Gasteiger partial charge in [-0.25, -0.2) is 0 Å². The minimum atomic E-state index is 0.688. The maximum atomic E-state index is 4.42. The van der Waals surface area contributed by atoms with Crippen molar-refractivity contribution in [1.82, 2.24) is 0 Å². The molecule has 2 aromatic rings. The van der Waals surface area contributed by atoms with Crippen LogP contribution in [0.25, 0.3) is 5.57 Å². The predicted molar refractivity (Wildman–Crippen MR) is 117 cm³/mol. The minimum absolute atomic E-state index is 0.688. The highest BCUT2D eigenvalue weighted by Crippen LogP contribution is 2.41. The average Bonchev–Trinajstić information content (AvgIpc) is 2.72. The summed E-state index contributed by atoms with van der Waals surface area (Å²) < 4.78 is 0. The molecule has 136 valence electrons. The zero-order chi connectivity index (χ0) is 18.6. The Morgan fingerprint density at radius 1 is 0.926 bits per heavy atom. The first kappa shape index (κ1) is 17.6. The number of rotatable bonds is 4. The van der Waals surface area contributed by atoms with Gasteiger partial charge < -0.3 is 5.32 Å². The summed E-state index contributed by atoms with van der Waals surface area (Å²) in [6, 6.07) is 19.0. The summed E-state index contributed by atoms with van der Waals surface area (Å²) in [6.45, 7) is 8.74. The highest BCUT2D eigenvalue weighted by atomic mass is 14.9. The molecule has 1 heteroatoms. The number of para-hydroxylation sites is 1. The van der Waals surface area contributed by atoms with E-state index in [0.29, 0.717) is 5.92 Å². The van der Waals surface area contributed by atoms with Crippen molar-refractivity contribution in [1.29, 1.82) is 0 Å². The van der Waals surface area contributed by atoms with E-state index in [-0.39, 0.29) is 0 Å². The van der Waals surface area contributed by atoms with Gasteiger partial charge in [0.2, 0.25) is 0 Å².